The van der Waals surface area contributed by atoms with E-state index >= 15 is 0 Å². The Morgan fingerprint density at radius 1 is 0.784 bits per heavy atom. The van der Waals surface area contributed by atoms with Crippen molar-refractivity contribution in [1.29, 1.82) is 0 Å². The van der Waals surface area contributed by atoms with Crippen molar-refractivity contribution >= 4 is 11.3 Å². The summed E-state index contributed by atoms with van der Waals surface area (Å²) in [6, 6.07) is 24.4. The molecule has 0 amide bonds. The number of nitrogens with one attached hydrogen (secondary N) is 1. The first kappa shape index (κ1) is 30.2. The third kappa shape index (κ3) is 6.27. The minimum atomic E-state index is 0.0531. The largest absolute Gasteiger partial charge is 0.388 e. The Labute approximate surface area is 227 Å². The van der Waals surface area contributed by atoms with Crippen LogP contribution in [0.1, 0.15) is 89.1 Å². The van der Waals surface area contributed by atoms with Gasteiger partial charge in [0.05, 0.1) is 0 Å². The summed E-state index contributed by atoms with van der Waals surface area (Å²) >= 11 is 0. The van der Waals surface area contributed by atoms with Crippen LogP contribution in [0.15, 0.2) is 78.9 Å². The van der Waals surface area contributed by atoms with Crippen molar-refractivity contribution in [2.45, 2.75) is 80.6 Å². The molecule has 0 fully saturated rings. The van der Waals surface area contributed by atoms with E-state index in [2.05, 4.69) is 126 Å². The number of hydrogen-bond donors (Lipinski definition) is 1. The molecule has 1 heteroatoms. The van der Waals surface area contributed by atoms with Crippen LogP contribution in [-0.2, 0) is 5.41 Å². The predicted molar refractivity (Wildman–Crippen MR) is 167 cm³/mol. The highest BCUT2D eigenvalue weighted by atomic mass is 14.8. The lowest BCUT2D eigenvalue weighted by molar-refractivity contribution is 0.327. The van der Waals surface area contributed by atoms with Gasteiger partial charge in [-0.3, -0.25) is 0 Å². The molecule has 198 valence electrons. The van der Waals surface area contributed by atoms with Crippen LogP contribution < -0.4 is 5.32 Å². The Balaban J connectivity index is 0.00000115. The van der Waals surface area contributed by atoms with Crippen LogP contribution >= 0.6 is 0 Å². The fourth-order valence-electron chi connectivity index (χ4n) is 5.61. The minimum Gasteiger partial charge on any atom is -0.388 e. The number of benzene rings is 3. The first-order valence-corrected chi connectivity index (χ1v) is 14.3. The van der Waals surface area contributed by atoms with Crippen molar-refractivity contribution in [2.75, 3.05) is 7.05 Å². The van der Waals surface area contributed by atoms with Gasteiger partial charge in [0.15, 0.2) is 0 Å². The Bertz CT molecular complexity index is 1180. The highest BCUT2D eigenvalue weighted by Crippen LogP contribution is 2.45. The number of rotatable bonds is 5. The smallest absolute Gasteiger partial charge is 0.0420 e. The maximum Gasteiger partial charge on any atom is 0.0420 e. The minimum absolute atomic E-state index is 0.0531. The standard InChI is InChI=1S/C32H37N.2C2H6/c1-7-27-19-26(31-22(3)13-12-14-23(31)4)21-30(33-6)28-20-25(24-15-10-9-11-16-24)17-18-29(28)32(27,5)8-2;2*1-2/h9-21,27,33H,7-8H2,1-6H3;2*1-2H3/b26-19+,30-21-;;. The molecule has 37 heavy (non-hydrogen) atoms. The molecule has 1 aliphatic rings. The van der Waals surface area contributed by atoms with Gasteiger partial charge in [0.1, 0.15) is 0 Å². The molecule has 4 rings (SSSR count). The zero-order chi connectivity index (χ0) is 27.6. The fourth-order valence-corrected chi connectivity index (χ4v) is 5.61. The second-order valence-corrected chi connectivity index (χ2v) is 9.61. The van der Waals surface area contributed by atoms with E-state index in [0.29, 0.717) is 5.92 Å². The van der Waals surface area contributed by atoms with Crippen molar-refractivity contribution < 1.29 is 0 Å². The van der Waals surface area contributed by atoms with E-state index < -0.39 is 0 Å². The molecule has 0 radical (unpaired) electrons. The molecule has 0 heterocycles. The summed E-state index contributed by atoms with van der Waals surface area (Å²) in [4.78, 5) is 0. The van der Waals surface area contributed by atoms with E-state index in [0.717, 1.165) is 12.8 Å². The van der Waals surface area contributed by atoms with Gasteiger partial charge in [-0.15, -0.1) is 0 Å². The summed E-state index contributed by atoms with van der Waals surface area (Å²) in [5.41, 5.74) is 11.9. The monoisotopic (exact) mass is 495 g/mol. The van der Waals surface area contributed by atoms with Crippen molar-refractivity contribution in [1.82, 2.24) is 5.32 Å². The van der Waals surface area contributed by atoms with E-state index in [9.17, 15) is 0 Å². The zero-order valence-corrected chi connectivity index (χ0v) is 25.0. The third-order valence-electron chi connectivity index (χ3n) is 7.74. The van der Waals surface area contributed by atoms with Gasteiger partial charge >= 0.3 is 0 Å². The van der Waals surface area contributed by atoms with Crippen molar-refractivity contribution in [3.05, 3.63) is 107 Å². The molecule has 2 unspecified atom stereocenters. The van der Waals surface area contributed by atoms with Gasteiger partial charge in [0.2, 0.25) is 0 Å². The number of allylic oxidation sites excluding steroid dienone is 3. The first-order valence-electron chi connectivity index (χ1n) is 14.3. The first-order chi connectivity index (χ1) is 17.9. The van der Waals surface area contributed by atoms with Gasteiger partial charge in [-0.25, -0.2) is 0 Å². The molecule has 0 saturated carbocycles. The predicted octanol–water partition coefficient (Wildman–Crippen LogP) is 10.4. The molecule has 0 bridgehead atoms. The van der Waals surface area contributed by atoms with Gasteiger partial charge in [-0.2, -0.15) is 0 Å². The highest BCUT2D eigenvalue weighted by Gasteiger charge is 2.36. The van der Waals surface area contributed by atoms with Crippen LogP contribution in [-0.4, -0.2) is 7.05 Å². The Hall–Kier alpha value is -3.06. The van der Waals surface area contributed by atoms with Gasteiger partial charge in [-0.05, 0) is 89.1 Å². The second-order valence-electron chi connectivity index (χ2n) is 9.61. The van der Waals surface area contributed by atoms with E-state index in [-0.39, 0.29) is 5.41 Å². The number of fused-ring (bicyclic) bond motifs is 1. The lowest BCUT2D eigenvalue weighted by Gasteiger charge is -2.39. The van der Waals surface area contributed by atoms with Gasteiger partial charge in [0.25, 0.3) is 0 Å². The zero-order valence-electron chi connectivity index (χ0n) is 25.0. The third-order valence-corrected chi connectivity index (χ3v) is 7.74. The normalized spacial score (nSPS) is 21.2. The van der Waals surface area contributed by atoms with Crippen LogP contribution in [0.4, 0.5) is 0 Å². The average Bonchev–Trinajstić information content (AvgIpc) is 2.95. The van der Waals surface area contributed by atoms with Crippen LogP contribution in [0, 0.1) is 19.8 Å². The molecular weight excluding hydrogens is 446 g/mol. The molecule has 1 nitrogen and oxygen atoms in total. The molecule has 3 aromatic rings. The summed E-state index contributed by atoms with van der Waals surface area (Å²) in [6.07, 6.45) is 7.13. The Kier molecular flexibility index (Phi) is 11.4. The lowest BCUT2D eigenvalue weighted by Crippen LogP contribution is -2.33. The van der Waals surface area contributed by atoms with E-state index in [4.69, 9.17) is 0 Å². The van der Waals surface area contributed by atoms with Crippen LogP contribution in [0.25, 0.3) is 22.4 Å². The van der Waals surface area contributed by atoms with Crippen molar-refractivity contribution in [3.63, 3.8) is 0 Å². The summed E-state index contributed by atoms with van der Waals surface area (Å²) in [6.45, 7) is 19.6. The van der Waals surface area contributed by atoms with Gasteiger partial charge < -0.3 is 5.32 Å². The van der Waals surface area contributed by atoms with Crippen molar-refractivity contribution in [2.24, 2.45) is 5.92 Å². The maximum absolute atomic E-state index is 3.56. The SMILES string of the molecule is CC.CC.CCC1/C=C(c2c(C)cccc2C)\C=C(/NC)c2cc(-c3ccccc3)ccc2C1(C)CC. The molecule has 0 aliphatic heterocycles. The van der Waals surface area contributed by atoms with Crippen LogP contribution in [0.2, 0.25) is 0 Å². The summed E-state index contributed by atoms with van der Waals surface area (Å²) < 4.78 is 0. The van der Waals surface area contributed by atoms with E-state index in [1.54, 1.807) is 0 Å². The highest BCUT2D eigenvalue weighted by molar-refractivity contribution is 5.88. The Morgan fingerprint density at radius 2 is 1.41 bits per heavy atom. The molecule has 0 aromatic heterocycles. The maximum atomic E-state index is 3.56. The summed E-state index contributed by atoms with van der Waals surface area (Å²) in [5.74, 6) is 0.451. The average molecular weight is 496 g/mol. The second kappa shape index (κ2) is 14.0. The summed E-state index contributed by atoms with van der Waals surface area (Å²) in [5, 5.41) is 3.56. The number of aryl methyl sites for hydroxylation is 2. The fraction of sp³-hybridized carbons (Fsp3) is 0.389. The van der Waals surface area contributed by atoms with Crippen LogP contribution in [0.5, 0.6) is 0 Å². The van der Waals surface area contributed by atoms with Gasteiger partial charge in [0, 0.05) is 18.3 Å². The molecule has 0 saturated heterocycles. The summed E-state index contributed by atoms with van der Waals surface area (Å²) in [7, 11) is 2.05. The van der Waals surface area contributed by atoms with Crippen LogP contribution in [0.3, 0.4) is 0 Å². The van der Waals surface area contributed by atoms with E-state index in [1.165, 1.54) is 50.2 Å². The molecular formula is C36H49N. The molecule has 3 aromatic carbocycles. The quantitative estimate of drug-likeness (QED) is 0.371. The topological polar surface area (TPSA) is 12.0 Å². The Morgan fingerprint density at radius 3 is 1.95 bits per heavy atom. The molecule has 0 spiro atoms. The molecule has 1 aliphatic carbocycles. The molecule has 2 atom stereocenters. The van der Waals surface area contributed by atoms with E-state index in [1.807, 2.05) is 27.7 Å². The lowest BCUT2D eigenvalue weighted by atomic mass is 9.65. The van der Waals surface area contributed by atoms with Gasteiger partial charge in [-0.1, -0.05) is 115 Å². The molecule has 1 N–H and O–H groups in total. The van der Waals surface area contributed by atoms with Crippen molar-refractivity contribution in [3.8, 4) is 11.1 Å². The number of hydrogen-bond acceptors (Lipinski definition) is 1.